The number of anilines is 1. The molecule has 0 aliphatic rings. The Labute approximate surface area is 155 Å². The second-order valence-electron chi connectivity index (χ2n) is 5.77. The van der Waals surface area contributed by atoms with E-state index in [0.29, 0.717) is 17.8 Å². The van der Waals surface area contributed by atoms with E-state index in [1.165, 1.54) is 13.2 Å². The molecule has 142 valence electrons. The standard InChI is InChI=1S/C19H19F2N3O3/c1-24(12-18(25)23-15-6-3-13(10-22)4-7-15)11-14-5-8-16(27-19(20)21)17(9-14)26-2/h3-9,19H,11-12H2,1-2H3,(H,23,25). The van der Waals surface area contributed by atoms with E-state index >= 15 is 0 Å². The molecule has 0 aromatic heterocycles. The number of carbonyl (C=O) groups excluding carboxylic acids is 1. The monoisotopic (exact) mass is 375 g/mol. The number of benzene rings is 2. The number of likely N-dealkylation sites (N-methyl/N-ethyl adjacent to an activating group) is 1. The quantitative estimate of drug-likeness (QED) is 0.767. The molecule has 1 amide bonds. The number of amides is 1. The molecule has 0 aliphatic heterocycles. The van der Waals surface area contributed by atoms with Crippen LogP contribution in [0.1, 0.15) is 11.1 Å². The maximum absolute atomic E-state index is 12.4. The highest BCUT2D eigenvalue weighted by atomic mass is 19.3. The molecule has 0 heterocycles. The van der Waals surface area contributed by atoms with E-state index in [1.807, 2.05) is 6.07 Å². The van der Waals surface area contributed by atoms with Gasteiger partial charge in [0.15, 0.2) is 11.5 Å². The molecule has 1 N–H and O–H groups in total. The molecule has 0 bridgehead atoms. The summed E-state index contributed by atoms with van der Waals surface area (Å²) in [5.74, 6) is -0.0625. The van der Waals surface area contributed by atoms with Gasteiger partial charge in [-0.05, 0) is 49.0 Å². The van der Waals surface area contributed by atoms with Gasteiger partial charge in [-0.3, -0.25) is 9.69 Å². The first-order chi connectivity index (χ1) is 12.9. The third kappa shape index (κ3) is 6.24. The number of halogens is 2. The Kier molecular flexibility index (Phi) is 7.08. The Morgan fingerprint density at radius 3 is 2.52 bits per heavy atom. The normalized spacial score (nSPS) is 10.6. The van der Waals surface area contributed by atoms with Crippen LogP contribution in [0, 0.1) is 11.3 Å². The first kappa shape index (κ1) is 20.1. The molecular weight excluding hydrogens is 356 g/mol. The summed E-state index contributed by atoms with van der Waals surface area (Å²) >= 11 is 0. The van der Waals surface area contributed by atoms with Gasteiger partial charge in [0.25, 0.3) is 0 Å². The molecule has 27 heavy (non-hydrogen) atoms. The van der Waals surface area contributed by atoms with Gasteiger partial charge in [-0.25, -0.2) is 0 Å². The molecule has 0 unspecified atom stereocenters. The van der Waals surface area contributed by atoms with Crippen molar-refractivity contribution in [2.45, 2.75) is 13.2 Å². The summed E-state index contributed by atoms with van der Waals surface area (Å²) in [6.45, 7) is -2.40. The first-order valence-corrected chi connectivity index (χ1v) is 8.01. The van der Waals surface area contributed by atoms with Gasteiger partial charge >= 0.3 is 6.61 Å². The molecule has 0 saturated carbocycles. The molecule has 2 aromatic rings. The van der Waals surface area contributed by atoms with Crippen LogP contribution in [0.2, 0.25) is 0 Å². The lowest BCUT2D eigenvalue weighted by atomic mass is 10.2. The molecule has 2 aromatic carbocycles. The Morgan fingerprint density at radius 2 is 1.93 bits per heavy atom. The zero-order chi connectivity index (χ0) is 19.8. The van der Waals surface area contributed by atoms with Gasteiger partial charge < -0.3 is 14.8 Å². The zero-order valence-electron chi connectivity index (χ0n) is 14.9. The number of alkyl halides is 2. The Hall–Kier alpha value is -3.18. The number of nitrogens with one attached hydrogen (secondary N) is 1. The number of nitriles is 1. The largest absolute Gasteiger partial charge is 0.493 e. The van der Waals surface area contributed by atoms with E-state index in [4.69, 9.17) is 10.00 Å². The van der Waals surface area contributed by atoms with Crippen LogP contribution in [0.5, 0.6) is 11.5 Å². The first-order valence-electron chi connectivity index (χ1n) is 8.01. The number of methoxy groups -OCH3 is 1. The van der Waals surface area contributed by atoms with Crippen LogP contribution in [0.15, 0.2) is 42.5 Å². The van der Waals surface area contributed by atoms with Gasteiger partial charge in [0, 0.05) is 12.2 Å². The highest BCUT2D eigenvalue weighted by Gasteiger charge is 2.13. The van der Waals surface area contributed by atoms with Crippen molar-refractivity contribution >= 4 is 11.6 Å². The van der Waals surface area contributed by atoms with E-state index in [1.54, 1.807) is 48.3 Å². The second-order valence-corrected chi connectivity index (χ2v) is 5.77. The van der Waals surface area contributed by atoms with Crippen molar-refractivity contribution in [1.82, 2.24) is 4.90 Å². The average molecular weight is 375 g/mol. The SMILES string of the molecule is COc1cc(CN(C)CC(=O)Nc2ccc(C#N)cc2)ccc1OC(F)F. The molecule has 0 saturated heterocycles. The molecular formula is C19H19F2N3O3. The molecule has 0 spiro atoms. The van der Waals surface area contributed by atoms with Gasteiger partial charge in [-0.1, -0.05) is 6.07 Å². The van der Waals surface area contributed by atoms with Crippen molar-refractivity contribution in [2.24, 2.45) is 0 Å². The minimum absolute atomic E-state index is 0.0440. The van der Waals surface area contributed by atoms with Gasteiger partial charge in [0.05, 0.1) is 25.3 Å². The van der Waals surface area contributed by atoms with Crippen molar-refractivity contribution in [3.05, 3.63) is 53.6 Å². The lowest BCUT2D eigenvalue weighted by Gasteiger charge is -2.18. The zero-order valence-corrected chi connectivity index (χ0v) is 14.9. The van der Waals surface area contributed by atoms with Crippen molar-refractivity contribution in [1.29, 1.82) is 5.26 Å². The summed E-state index contributed by atoms with van der Waals surface area (Å²) in [4.78, 5) is 13.9. The number of nitrogens with zero attached hydrogens (tertiary/aromatic N) is 2. The number of rotatable bonds is 8. The smallest absolute Gasteiger partial charge is 0.387 e. The number of carbonyl (C=O) groups is 1. The second kappa shape index (κ2) is 9.50. The Morgan fingerprint density at radius 1 is 1.22 bits per heavy atom. The summed E-state index contributed by atoms with van der Waals surface area (Å²) in [6.07, 6.45) is 0. The maximum atomic E-state index is 12.4. The average Bonchev–Trinajstić information content (AvgIpc) is 2.63. The van der Waals surface area contributed by atoms with Crippen molar-refractivity contribution in [3.8, 4) is 17.6 Å². The third-order valence-corrected chi connectivity index (χ3v) is 3.61. The van der Waals surface area contributed by atoms with Gasteiger partial charge in [-0.2, -0.15) is 14.0 Å². The van der Waals surface area contributed by atoms with Crippen LogP contribution < -0.4 is 14.8 Å². The summed E-state index contributed by atoms with van der Waals surface area (Å²) in [5.41, 5.74) is 1.89. The van der Waals surface area contributed by atoms with Gasteiger partial charge in [-0.15, -0.1) is 0 Å². The van der Waals surface area contributed by atoms with E-state index in [2.05, 4.69) is 10.1 Å². The molecule has 0 aliphatic carbocycles. The lowest BCUT2D eigenvalue weighted by Crippen LogP contribution is -2.29. The summed E-state index contributed by atoms with van der Waals surface area (Å²) in [5, 5.41) is 11.5. The Balaban J connectivity index is 1.93. The summed E-state index contributed by atoms with van der Waals surface area (Å²) < 4.78 is 34.2. The summed E-state index contributed by atoms with van der Waals surface area (Å²) in [7, 11) is 3.13. The van der Waals surface area contributed by atoms with Crippen LogP contribution in [-0.2, 0) is 11.3 Å². The van der Waals surface area contributed by atoms with Crippen molar-refractivity contribution < 1.29 is 23.0 Å². The highest BCUT2D eigenvalue weighted by Crippen LogP contribution is 2.29. The van der Waals surface area contributed by atoms with Crippen LogP contribution >= 0.6 is 0 Å². The molecule has 2 rings (SSSR count). The number of ether oxygens (including phenoxy) is 2. The van der Waals surface area contributed by atoms with Crippen LogP contribution in [0.4, 0.5) is 14.5 Å². The fourth-order valence-corrected chi connectivity index (χ4v) is 2.45. The highest BCUT2D eigenvalue weighted by molar-refractivity contribution is 5.92. The van der Waals surface area contributed by atoms with Crippen molar-refractivity contribution in [3.63, 3.8) is 0 Å². The molecule has 8 heteroatoms. The Bertz CT molecular complexity index is 820. The van der Waals surface area contributed by atoms with Crippen molar-refractivity contribution in [2.75, 3.05) is 26.0 Å². The van der Waals surface area contributed by atoms with E-state index < -0.39 is 6.61 Å². The van der Waals surface area contributed by atoms with Crippen LogP contribution in [0.3, 0.4) is 0 Å². The molecule has 6 nitrogen and oxygen atoms in total. The predicted molar refractivity (Wildman–Crippen MR) is 95.7 cm³/mol. The number of hydrogen-bond donors (Lipinski definition) is 1. The van der Waals surface area contributed by atoms with Crippen LogP contribution in [-0.4, -0.2) is 38.1 Å². The predicted octanol–water partition coefficient (Wildman–Crippen LogP) is 3.24. The molecule has 0 fully saturated rings. The van der Waals surface area contributed by atoms with E-state index in [0.717, 1.165) is 5.56 Å². The molecule has 0 radical (unpaired) electrons. The minimum atomic E-state index is -2.93. The molecule has 0 atom stereocenters. The number of hydrogen-bond acceptors (Lipinski definition) is 5. The van der Waals surface area contributed by atoms with E-state index in [9.17, 15) is 13.6 Å². The van der Waals surface area contributed by atoms with E-state index in [-0.39, 0.29) is 24.0 Å². The van der Waals surface area contributed by atoms with Crippen LogP contribution in [0.25, 0.3) is 0 Å². The summed E-state index contributed by atoms with van der Waals surface area (Å²) in [6, 6.07) is 13.2. The maximum Gasteiger partial charge on any atom is 0.387 e. The fourth-order valence-electron chi connectivity index (χ4n) is 2.45. The van der Waals surface area contributed by atoms with Gasteiger partial charge in [0.1, 0.15) is 0 Å². The van der Waals surface area contributed by atoms with Gasteiger partial charge in [0.2, 0.25) is 5.91 Å². The third-order valence-electron chi connectivity index (χ3n) is 3.61. The minimum Gasteiger partial charge on any atom is -0.493 e. The lowest BCUT2D eigenvalue weighted by molar-refractivity contribution is -0.117. The topological polar surface area (TPSA) is 74.6 Å². The fraction of sp³-hybridized carbons (Fsp3) is 0.263.